The summed E-state index contributed by atoms with van der Waals surface area (Å²) < 4.78 is 7.72. The number of primary amides is 1. The predicted octanol–water partition coefficient (Wildman–Crippen LogP) is 1.71. The van der Waals surface area contributed by atoms with E-state index in [9.17, 15) is 4.79 Å². The number of nitrogens with two attached hydrogens (primary N) is 1. The van der Waals surface area contributed by atoms with Crippen LogP contribution in [0.25, 0.3) is 11.3 Å². The number of hydrogen-bond donors (Lipinski definition) is 2. The standard InChI is InChI=1S/C13H15N3O2S/c14-12(17)9-18-7-6-16-11(8-15-13(16)19)10-4-2-1-3-5-10/h1-5,8H,6-7,9H2,(H2,14,17)(H,15,19). The Labute approximate surface area is 116 Å². The van der Waals surface area contributed by atoms with Crippen molar-refractivity contribution in [3.05, 3.63) is 41.3 Å². The average Bonchev–Trinajstić information content (AvgIpc) is 2.77. The van der Waals surface area contributed by atoms with Gasteiger partial charge in [0.05, 0.1) is 12.3 Å². The molecule has 1 aromatic heterocycles. The number of benzene rings is 1. The Hall–Kier alpha value is -1.92. The highest BCUT2D eigenvalue weighted by atomic mass is 32.1. The van der Waals surface area contributed by atoms with Crippen molar-refractivity contribution in [2.75, 3.05) is 13.2 Å². The van der Waals surface area contributed by atoms with Crippen molar-refractivity contribution < 1.29 is 9.53 Å². The van der Waals surface area contributed by atoms with Crippen LogP contribution in [0, 0.1) is 4.77 Å². The molecule has 0 radical (unpaired) electrons. The van der Waals surface area contributed by atoms with E-state index in [1.807, 2.05) is 41.1 Å². The second-order valence-electron chi connectivity index (χ2n) is 4.02. The van der Waals surface area contributed by atoms with Gasteiger partial charge in [-0.25, -0.2) is 0 Å². The van der Waals surface area contributed by atoms with E-state index in [1.165, 1.54) is 0 Å². The number of amides is 1. The molecule has 0 fully saturated rings. The minimum absolute atomic E-state index is 0.0710. The third-order valence-corrected chi connectivity index (χ3v) is 2.98. The van der Waals surface area contributed by atoms with Gasteiger partial charge in [-0.05, 0) is 17.8 Å². The van der Waals surface area contributed by atoms with E-state index in [0.29, 0.717) is 17.9 Å². The maximum atomic E-state index is 10.6. The molecule has 1 aromatic carbocycles. The summed E-state index contributed by atoms with van der Waals surface area (Å²) in [5.41, 5.74) is 7.07. The molecule has 0 atom stereocenters. The van der Waals surface area contributed by atoms with E-state index in [0.717, 1.165) is 11.3 Å². The second kappa shape index (κ2) is 6.31. The molecule has 0 saturated heterocycles. The first-order chi connectivity index (χ1) is 9.18. The Kier molecular flexibility index (Phi) is 4.48. The van der Waals surface area contributed by atoms with Crippen molar-refractivity contribution in [2.24, 2.45) is 5.73 Å². The number of carbonyl (C=O) groups is 1. The van der Waals surface area contributed by atoms with Gasteiger partial charge in [0.1, 0.15) is 6.61 Å². The fraction of sp³-hybridized carbons (Fsp3) is 0.231. The Morgan fingerprint density at radius 3 is 2.79 bits per heavy atom. The largest absolute Gasteiger partial charge is 0.370 e. The molecular weight excluding hydrogens is 262 g/mol. The van der Waals surface area contributed by atoms with Crippen LogP contribution in [0.3, 0.4) is 0 Å². The third-order valence-electron chi connectivity index (χ3n) is 2.64. The van der Waals surface area contributed by atoms with E-state index in [-0.39, 0.29) is 6.61 Å². The summed E-state index contributed by atoms with van der Waals surface area (Å²) in [6.07, 6.45) is 1.87. The van der Waals surface area contributed by atoms with Gasteiger partial charge in [0.2, 0.25) is 5.91 Å². The molecule has 0 aliphatic carbocycles. The first-order valence-corrected chi connectivity index (χ1v) is 6.29. The quantitative estimate of drug-likeness (QED) is 0.623. The van der Waals surface area contributed by atoms with Crippen molar-refractivity contribution in [1.82, 2.24) is 9.55 Å². The lowest BCUT2D eigenvalue weighted by molar-refractivity contribution is -0.122. The molecule has 0 bridgehead atoms. The second-order valence-corrected chi connectivity index (χ2v) is 4.40. The summed E-state index contributed by atoms with van der Waals surface area (Å²) in [6.45, 7) is 0.882. The summed E-state index contributed by atoms with van der Waals surface area (Å²) in [5, 5.41) is 0. The molecule has 1 amide bonds. The van der Waals surface area contributed by atoms with Gasteiger partial charge < -0.3 is 20.0 Å². The minimum Gasteiger partial charge on any atom is -0.370 e. The Morgan fingerprint density at radius 1 is 1.37 bits per heavy atom. The highest BCUT2D eigenvalue weighted by Gasteiger charge is 2.06. The number of carbonyl (C=O) groups excluding carboxylic acids is 1. The van der Waals surface area contributed by atoms with Gasteiger partial charge >= 0.3 is 0 Å². The fourth-order valence-corrected chi connectivity index (χ4v) is 2.04. The molecular formula is C13H15N3O2S. The zero-order valence-corrected chi connectivity index (χ0v) is 11.2. The van der Waals surface area contributed by atoms with Crippen LogP contribution in [0.2, 0.25) is 0 Å². The molecule has 6 heteroatoms. The topological polar surface area (TPSA) is 73.0 Å². The summed E-state index contributed by atoms with van der Waals surface area (Å²) in [4.78, 5) is 13.6. The molecule has 1 heterocycles. The first kappa shape index (κ1) is 13.5. The lowest BCUT2D eigenvalue weighted by Gasteiger charge is -2.08. The molecule has 19 heavy (non-hydrogen) atoms. The van der Waals surface area contributed by atoms with Crippen molar-refractivity contribution in [1.29, 1.82) is 0 Å². The van der Waals surface area contributed by atoms with E-state index < -0.39 is 5.91 Å². The van der Waals surface area contributed by atoms with Crippen LogP contribution in [0.15, 0.2) is 36.5 Å². The molecule has 5 nitrogen and oxygen atoms in total. The Balaban J connectivity index is 2.10. The van der Waals surface area contributed by atoms with Crippen LogP contribution >= 0.6 is 12.2 Å². The normalized spacial score (nSPS) is 10.5. The molecule has 2 aromatic rings. The number of nitrogens with zero attached hydrogens (tertiary/aromatic N) is 1. The predicted molar refractivity (Wildman–Crippen MR) is 75.1 cm³/mol. The van der Waals surface area contributed by atoms with E-state index in [2.05, 4.69) is 4.98 Å². The van der Waals surface area contributed by atoms with Crippen LogP contribution < -0.4 is 5.73 Å². The third kappa shape index (κ3) is 3.52. The molecule has 0 aliphatic rings. The van der Waals surface area contributed by atoms with Crippen LogP contribution in [0.1, 0.15) is 0 Å². The van der Waals surface area contributed by atoms with Crippen LogP contribution in [-0.2, 0) is 16.1 Å². The number of aromatic nitrogens is 2. The van der Waals surface area contributed by atoms with Crippen molar-refractivity contribution in [3.63, 3.8) is 0 Å². The molecule has 2 rings (SSSR count). The van der Waals surface area contributed by atoms with Crippen molar-refractivity contribution in [3.8, 4) is 11.3 Å². The van der Waals surface area contributed by atoms with Gasteiger partial charge in [-0.3, -0.25) is 4.79 Å². The van der Waals surface area contributed by atoms with Gasteiger partial charge in [0.25, 0.3) is 0 Å². The molecule has 0 spiro atoms. The summed E-state index contributed by atoms with van der Waals surface area (Å²) in [7, 11) is 0. The van der Waals surface area contributed by atoms with Gasteiger partial charge in [-0.1, -0.05) is 30.3 Å². The monoisotopic (exact) mass is 277 g/mol. The van der Waals surface area contributed by atoms with Crippen molar-refractivity contribution in [2.45, 2.75) is 6.54 Å². The number of rotatable bonds is 6. The Bertz CT molecular complexity index is 604. The number of hydrogen-bond acceptors (Lipinski definition) is 3. The summed E-state index contributed by atoms with van der Waals surface area (Å²) in [5.74, 6) is -0.471. The highest BCUT2D eigenvalue weighted by molar-refractivity contribution is 7.71. The number of H-pyrrole nitrogens is 1. The first-order valence-electron chi connectivity index (χ1n) is 5.88. The summed E-state index contributed by atoms with van der Waals surface area (Å²) >= 11 is 5.23. The van der Waals surface area contributed by atoms with E-state index in [1.54, 1.807) is 0 Å². The maximum Gasteiger partial charge on any atom is 0.243 e. The lowest BCUT2D eigenvalue weighted by atomic mass is 10.2. The molecule has 0 aliphatic heterocycles. The molecule has 0 saturated carbocycles. The molecule has 3 N–H and O–H groups in total. The minimum atomic E-state index is -0.471. The fourth-order valence-electron chi connectivity index (χ4n) is 1.79. The lowest BCUT2D eigenvalue weighted by Crippen LogP contribution is -2.19. The van der Waals surface area contributed by atoms with Gasteiger partial charge in [0, 0.05) is 12.7 Å². The number of aromatic amines is 1. The zero-order chi connectivity index (χ0) is 13.7. The zero-order valence-electron chi connectivity index (χ0n) is 10.3. The Morgan fingerprint density at radius 2 is 2.11 bits per heavy atom. The van der Waals surface area contributed by atoms with Gasteiger partial charge in [0.15, 0.2) is 4.77 Å². The number of imidazole rings is 1. The highest BCUT2D eigenvalue weighted by Crippen LogP contribution is 2.18. The molecule has 100 valence electrons. The van der Waals surface area contributed by atoms with Crippen molar-refractivity contribution >= 4 is 18.1 Å². The average molecular weight is 277 g/mol. The van der Waals surface area contributed by atoms with Gasteiger partial charge in [-0.15, -0.1) is 0 Å². The van der Waals surface area contributed by atoms with Crippen LogP contribution in [0.4, 0.5) is 0 Å². The van der Waals surface area contributed by atoms with E-state index >= 15 is 0 Å². The maximum absolute atomic E-state index is 10.6. The molecule has 0 unspecified atom stereocenters. The summed E-state index contributed by atoms with van der Waals surface area (Å²) in [6, 6.07) is 9.93. The van der Waals surface area contributed by atoms with Gasteiger partial charge in [-0.2, -0.15) is 0 Å². The number of nitrogens with one attached hydrogen (secondary N) is 1. The SMILES string of the molecule is NC(=O)COCCn1c(-c2ccccc2)c[nH]c1=S. The number of ether oxygens (including phenoxy) is 1. The van der Waals surface area contributed by atoms with Crippen LogP contribution in [0.5, 0.6) is 0 Å². The smallest absolute Gasteiger partial charge is 0.243 e. The van der Waals surface area contributed by atoms with Crippen LogP contribution in [-0.4, -0.2) is 28.7 Å². The van der Waals surface area contributed by atoms with E-state index in [4.69, 9.17) is 22.7 Å².